The zero-order valence-electron chi connectivity index (χ0n) is 14.9. The van der Waals surface area contributed by atoms with E-state index in [1.807, 2.05) is 0 Å². The van der Waals surface area contributed by atoms with E-state index in [4.69, 9.17) is 4.74 Å². The summed E-state index contributed by atoms with van der Waals surface area (Å²) in [6, 6.07) is 5.49. The average Bonchev–Trinajstić information content (AvgIpc) is 3.01. The van der Waals surface area contributed by atoms with E-state index < -0.39 is 17.8 Å². The standard InChI is InChI=1S/C19H20FN3O3S/c1-2-26-18(24)16-13-8-4-6-10-15(13)27-17(16)22-19(25)23-21-11-12-7-3-5-9-14(12)20/h3,5,7,9,11H,2,4,6,8,10H2,1H3,(H2,22,23,25)/b21-11-. The Morgan fingerprint density at radius 3 is 2.85 bits per heavy atom. The van der Waals surface area contributed by atoms with Crippen molar-refractivity contribution in [3.05, 3.63) is 51.7 Å². The first kappa shape index (κ1) is 19.0. The maximum atomic E-state index is 13.5. The number of aryl methyl sites for hydroxylation is 1. The molecule has 1 aromatic carbocycles. The number of hydrogen-bond donors (Lipinski definition) is 2. The Labute approximate surface area is 160 Å². The van der Waals surface area contributed by atoms with Gasteiger partial charge in [0.25, 0.3) is 0 Å². The first-order valence-electron chi connectivity index (χ1n) is 8.76. The molecule has 0 fully saturated rings. The summed E-state index contributed by atoms with van der Waals surface area (Å²) >= 11 is 1.39. The molecule has 0 saturated heterocycles. The highest BCUT2D eigenvalue weighted by Gasteiger charge is 2.27. The number of urea groups is 1. The molecule has 2 aromatic rings. The van der Waals surface area contributed by atoms with Gasteiger partial charge in [0.1, 0.15) is 10.8 Å². The molecule has 6 nitrogen and oxygen atoms in total. The molecule has 2 amide bonds. The summed E-state index contributed by atoms with van der Waals surface area (Å²) in [5.74, 6) is -0.860. The average molecular weight is 389 g/mol. The fourth-order valence-corrected chi connectivity index (χ4v) is 4.22. The molecule has 0 radical (unpaired) electrons. The molecule has 0 aliphatic heterocycles. The predicted octanol–water partition coefficient (Wildman–Crippen LogP) is 4.10. The Bertz CT molecular complexity index is 879. The molecule has 0 bridgehead atoms. The van der Waals surface area contributed by atoms with Gasteiger partial charge in [0.2, 0.25) is 0 Å². The molecule has 1 heterocycles. The lowest BCUT2D eigenvalue weighted by Gasteiger charge is -2.12. The second-order valence-electron chi connectivity index (χ2n) is 5.98. The number of benzene rings is 1. The highest BCUT2D eigenvalue weighted by atomic mass is 32.1. The number of nitrogens with one attached hydrogen (secondary N) is 2. The fourth-order valence-electron chi connectivity index (χ4n) is 2.94. The largest absolute Gasteiger partial charge is 0.462 e. The van der Waals surface area contributed by atoms with Crippen LogP contribution in [0.15, 0.2) is 29.4 Å². The zero-order valence-corrected chi connectivity index (χ0v) is 15.7. The van der Waals surface area contributed by atoms with Crippen molar-refractivity contribution in [2.24, 2.45) is 5.10 Å². The lowest BCUT2D eigenvalue weighted by molar-refractivity contribution is 0.0526. The van der Waals surface area contributed by atoms with Gasteiger partial charge in [-0.1, -0.05) is 18.2 Å². The highest BCUT2D eigenvalue weighted by Crippen LogP contribution is 2.38. The van der Waals surface area contributed by atoms with E-state index in [9.17, 15) is 14.0 Å². The summed E-state index contributed by atoms with van der Waals surface area (Å²) in [5, 5.41) is 6.88. The van der Waals surface area contributed by atoms with Crippen molar-refractivity contribution in [1.82, 2.24) is 5.43 Å². The van der Waals surface area contributed by atoms with Gasteiger partial charge in [-0.05, 0) is 44.2 Å². The van der Waals surface area contributed by atoms with Crippen LogP contribution in [0.5, 0.6) is 0 Å². The number of anilines is 1. The number of thiophene rings is 1. The van der Waals surface area contributed by atoms with E-state index in [1.165, 1.54) is 23.6 Å². The lowest BCUT2D eigenvalue weighted by Crippen LogP contribution is -2.25. The summed E-state index contributed by atoms with van der Waals surface area (Å²) in [6.45, 7) is 2.01. The van der Waals surface area contributed by atoms with Crippen LogP contribution in [-0.2, 0) is 17.6 Å². The van der Waals surface area contributed by atoms with Gasteiger partial charge >= 0.3 is 12.0 Å². The number of rotatable bonds is 5. The number of ether oxygens (including phenoxy) is 1. The lowest BCUT2D eigenvalue weighted by atomic mass is 9.95. The minimum Gasteiger partial charge on any atom is -0.462 e. The molecule has 1 aromatic heterocycles. The monoisotopic (exact) mass is 389 g/mol. The van der Waals surface area contributed by atoms with Crippen LogP contribution < -0.4 is 10.7 Å². The molecule has 27 heavy (non-hydrogen) atoms. The summed E-state index contributed by atoms with van der Waals surface area (Å²) in [4.78, 5) is 25.6. The first-order chi connectivity index (χ1) is 13.1. The van der Waals surface area contributed by atoms with E-state index in [0.29, 0.717) is 10.6 Å². The number of fused-ring (bicyclic) bond motifs is 1. The number of hydrazone groups is 1. The molecule has 1 aliphatic carbocycles. The van der Waals surface area contributed by atoms with Crippen LogP contribution in [0.2, 0.25) is 0 Å². The molecule has 142 valence electrons. The van der Waals surface area contributed by atoms with Crippen LogP contribution >= 0.6 is 11.3 Å². The van der Waals surface area contributed by atoms with Crippen LogP contribution in [0, 0.1) is 5.82 Å². The van der Waals surface area contributed by atoms with Gasteiger partial charge < -0.3 is 4.74 Å². The first-order valence-corrected chi connectivity index (χ1v) is 9.58. The minimum absolute atomic E-state index is 0.261. The zero-order chi connectivity index (χ0) is 19.2. The molecule has 3 rings (SSSR count). The number of hydrogen-bond acceptors (Lipinski definition) is 5. The van der Waals surface area contributed by atoms with Crippen molar-refractivity contribution in [1.29, 1.82) is 0 Å². The van der Waals surface area contributed by atoms with E-state index in [0.717, 1.165) is 36.1 Å². The van der Waals surface area contributed by atoms with Crippen LogP contribution in [0.4, 0.5) is 14.2 Å². The van der Waals surface area contributed by atoms with Gasteiger partial charge in [0.05, 0.1) is 18.4 Å². The molecular formula is C19H20FN3O3S. The molecular weight excluding hydrogens is 369 g/mol. The van der Waals surface area contributed by atoms with Crippen molar-refractivity contribution in [2.45, 2.75) is 32.6 Å². The highest BCUT2D eigenvalue weighted by molar-refractivity contribution is 7.17. The minimum atomic E-state index is -0.605. The smallest absolute Gasteiger partial charge is 0.341 e. The van der Waals surface area contributed by atoms with Crippen LogP contribution in [0.3, 0.4) is 0 Å². The van der Waals surface area contributed by atoms with Gasteiger partial charge in [-0.15, -0.1) is 11.3 Å². The third-order valence-electron chi connectivity index (χ3n) is 4.15. The Morgan fingerprint density at radius 1 is 1.30 bits per heavy atom. The van der Waals surface area contributed by atoms with Crippen LogP contribution in [0.25, 0.3) is 0 Å². The van der Waals surface area contributed by atoms with Gasteiger partial charge in [-0.3, -0.25) is 5.32 Å². The predicted molar refractivity (Wildman–Crippen MR) is 103 cm³/mol. The molecule has 0 atom stereocenters. The normalized spacial score (nSPS) is 13.3. The van der Waals surface area contributed by atoms with Crippen molar-refractivity contribution >= 4 is 34.6 Å². The number of carbonyl (C=O) groups is 2. The number of esters is 1. The second-order valence-corrected chi connectivity index (χ2v) is 7.09. The van der Waals surface area contributed by atoms with E-state index in [1.54, 1.807) is 25.1 Å². The molecule has 2 N–H and O–H groups in total. The van der Waals surface area contributed by atoms with Gasteiger partial charge in [-0.2, -0.15) is 5.10 Å². The number of halogens is 1. The molecule has 0 unspecified atom stereocenters. The maximum absolute atomic E-state index is 13.5. The number of carbonyl (C=O) groups excluding carboxylic acids is 2. The van der Waals surface area contributed by atoms with E-state index in [-0.39, 0.29) is 12.2 Å². The molecule has 1 aliphatic rings. The summed E-state index contributed by atoms with van der Waals surface area (Å²) < 4.78 is 18.7. The Balaban J connectivity index is 1.72. The van der Waals surface area contributed by atoms with Gasteiger partial charge in [-0.25, -0.2) is 19.4 Å². The van der Waals surface area contributed by atoms with Gasteiger partial charge in [0, 0.05) is 10.4 Å². The second kappa shape index (κ2) is 8.77. The summed E-state index contributed by atoms with van der Waals surface area (Å²) in [5.41, 5.74) is 3.96. The van der Waals surface area contributed by atoms with Crippen molar-refractivity contribution in [3.63, 3.8) is 0 Å². The Hall–Kier alpha value is -2.74. The summed E-state index contributed by atoms with van der Waals surface area (Å²) in [7, 11) is 0. The fraction of sp³-hybridized carbons (Fsp3) is 0.316. The maximum Gasteiger partial charge on any atom is 0.341 e. The SMILES string of the molecule is CCOC(=O)c1c(NC(=O)N/N=C\c2ccccc2F)sc2c1CCCC2. The quantitative estimate of drug-likeness (QED) is 0.459. The molecule has 0 spiro atoms. The topological polar surface area (TPSA) is 79.8 Å². The third kappa shape index (κ3) is 4.51. The van der Waals surface area contributed by atoms with Crippen molar-refractivity contribution in [3.8, 4) is 0 Å². The number of nitrogens with zero attached hydrogens (tertiary/aromatic N) is 1. The van der Waals surface area contributed by atoms with Crippen molar-refractivity contribution in [2.75, 3.05) is 11.9 Å². The third-order valence-corrected chi connectivity index (χ3v) is 5.36. The molecule has 8 heteroatoms. The van der Waals surface area contributed by atoms with Crippen molar-refractivity contribution < 1.29 is 18.7 Å². The van der Waals surface area contributed by atoms with E-state index in [2.05, 4.69) is 15.8 Å². The van der Waals surface area contributed by atoms with E-state index >= 15 is 0 Å². The van der Waals surface area contributed by atoms with Crippen LogP contribution in [-0.4, -0.2) is 24.8 Å². The Kier molecular flexibility index (Phi) is 6.18. The van der Waals surface area contributed by atoms with Gasteiger partial charge in [0.15, 0.2) is 0 Å². The summed E-state index contributed by atoms with van der Waals surface area (Å²) in [6.07, 6.45) is 4.99. The number of amides is 2. The molecule has 0 saturated carbocycles. The Morgan fingerprint density at radius 2 is 2.07 bits per heavy atom. The van der Waals surface area contributed by atoms with Crippen LogP contribution in [0.1, 0.15) is 46.1 Å².